The first-order valence-corrected chi connectivity index (χ1v) is 27.6. The van der Waals surface area contributed by atoms with Gasteiger partial charge in [-0.1, -0.05) is 92.9 Å². The molecule has 2 N–H and O–H groups in total. The van der Waals surface area contributed by atoms with E-state index < -0.39 is 89.6 Å². The molecule has 76 heavy (non-hydrogen) atoms. The van der Waals surface area contributed by atoms with E-state index in [0.717, 1.165) is 43.8 Å². The fourth-order valence-electron chi connectivity index (χ4n) is 10.2. The zero-order chi connectivity index (χ0) is 58.2. The lowest BCUT2D eigenvalue weighted by molar-refractivity contribution is -0.188. The molecule has 15 atom stereocenters. The Bertz CT molecular complexity index is 2010. The van der Waals surface area contributed by atoms with Crippen LogP contribution in [0.25, 0.3) is 0 Å². The summed E-state index contributed by atoms with van der Waals surface area (Å²) in [6.45, 7) is 28.8. The van der Waals surface area contributed by atoms with Crippen molar-refractivity contribution in [2.24, 2.45) is 41.2 Å². The molecule has 434 valence electrons. The van der Waals surface area contributed by atoms with E-state index in [2.05, 4.69) is 33.8 Å². The lowest BCUT2D eigenvalue weighted by Crippen LogP contribution is -2.61. The van der Waals surface area contributed by atoms with Gasteiger partial charge in [-0.05, 0) is 81.4 Å². The Kier molecular flexibility index (Phi) is 31.2. The van der Waals surface area contributed by atoms with Gasteiger partial charge in [0.2, 0.25) is 5.78 Å². The third-order valence-corrected chi connectivity index (χ3v) is 14.6. The topological polar surface area (TPSA) is 236 Å². The first-order valence-electron chi connectivity index (χ1n) is 27.6. The summed E-state index contributed by atoms with van der Waals surface area (Å²) in [7, 11) is 1.67. The maximum Gasteiger partial charge on any atom is 0.309 e. The van der Waals surface area contributed by atoms with Crippen LogP contribution in [0, 0.1) is 35.5 Å². The van der Waals surface area contributed by atoms with Gasteiger partial charge in [0, 0.05) is 92.1 Å². The Labute approximate surface area is 454 Å². The molecule has 1 fully saturated rings. The van der Waals surface area contributed by atoms with E-state index in [4.69, 9.17) is 43.6 Å². The number of Topliss-reactive ketones (excluding diaryl/α,β-unsaturated/α-hetero) is 2. The lowest BCUT2D eigenvalue weighted by Gasteiger charge is -2.43. The van der Waals surface area contributed by atoms with Gasteiger partial charge in [0.15, 0.2) is 11.5 Å². The van der Waals surface area contributed by atoms with E-state index >= 15 is 0 Å². The summed E-state index contributed by atoms with van der Waals surface area (Å²) in [6.07, 6.45) is 6.84. The minimum absolute atomic E-state index is 0.000933. The number of esters is 6. The van der Waals surface area contributed by atoms with Gasteiger partial charge in [0.1, 0.15) is 36.6 Å². The van der Waals surface area contributed by atoms with Crippen molar-refractivity contribution < 1.29 is 76.3 Å². The number of methoxy groups -OCH3 is 1. The number of nitrogens with two attached hydrogens (primary N) is 1. The second kappa shape index (κ2) is 34.2. The highest BCUT2D eigenvalue weighted by Crippen LogP contribution is 2.36. The Morgan fingerprint density at radius 1 is 0.671 bits per heavy atom. The predicted octanol–water partition coefficient (Wildman–Crippen LogP) is 10.2. The molecule has 0 aliphatic carbocycles. The van der Waals surface area contributed by atoms with Crippen LogP contribution < -0.4 is 5.73 Å². The van der Waals surface area contributed by atoms with Crippen molar-refractivity contribution in [3.05, 3.63) is 34.9 Å². The molecule has 0 saturated carbocycles. The quantitative estimate of drug-likeness (QED) is 0.0207. The first-order chi connectivity index (χ1) is 35.4. The minimum Gasteiger partial charge on any atom is -0.462 e. The van der Waals surface area contributed by atoms with Crippen molar-refractivity contribution >= 4 is 47.4 Å². The van der Waals surface area contributed by atoms with E-state index in [1.54, 1.807) is 21.0 Å². The van der Waals surface area contributed by atoms with Crippen LogP contribution >= 0.6 is 0 Å². The van der Waals surface area contributed by atoms with Crippen LogP contribution in [0.1, 0.15) is 195 Å². The van der Waals surface area contributed by atoms with Crippen LogP contribution in [-0.4, -0.2) is 109 Å². The Morgan fingerprint density at radius 2 is 1.24 bits per heavy atom. The van der Waals surface area contributed by atoms with Gasteiger partial charge in [-0.15, -0.1) is 0 Å². The fraction of sp³-hybridized carbons (Fsp3) is 0.763. The molecule has 1 aliphatic heterocycles. The maximum atomic E-state index is 13.5. The van der Waals surface area contributed by atoms with E-state index in [1.807, 2.05) is 46.8 Å². The number of hydrogen-bond donors (Lipinski definition) is 1. The van der Waals surface area contributed by atoms with Crippen molar-refractivity contribution in [1.29, 1.82) is 0 Å². The van der Waals surface area contributed by atoms with Crippen LogP contribution in [0.2, 0.25) is 0 Å². The maximum absolute atomic E-state index is 13.5. The molecule has 0 radical (unpaired) electrons. The van der Waals surface area contributed by atoms with E-state index in [-0.39, 0.29) is 67.1 Å². The molecule has 0 aromatic heterocycles. The Balaban J connectivity index is 3.53. The van der Waals surface area contributed by atoms with Crippen molar-refractivity contribution in [2.45, 2.75) is 249 Å². The van der Waals surface area contributed by atoms with Crippen LogP contribution in [0.4, 0.5) is 0 Å². The van der Waals surface area contributed by atoms with Crippen molar-refractivity contribution in [2.75, 3.05) is 7.11 Å². The van der Waals surface area contributed by atoms with E-state index in [0.29, 0.717) is 37.7 Å². The number of unbranched alkanes of at least 4 members (excludes halogenated alkanes) is 2. The Morgan fingerprint density at radius 3 is 1.76 bits per heavy atom. The number of rotatable bonds is 34. The zero-order valence-corrected chi connectivity index (χ0v) is 49.4. The number of ether oxygens (including phenoxy) is 8. The molecule has 1 rings (SSSR count). The van der Waals surface area contributed by atoms with Gasteiger partial charge in [-0.3, -0.25) is 44.1 Å². The summed E-state index contributed by atoms with van der Waals surface area (Å²) in [5.74, 6) is -6.32. The molecule has 17 nitrogen and oxygen atoms in total. The summed E-state index contributed by atoms with van der Waals surface area (Å²) >= 11 is 0. The number of carbonyl (C=O) groups is 8. The van der Waals surface area contributed by atoms with Gasteiger partial charge in [-0.2, -0.15) is 0 Å². The molecular formula is C59H97NO16. The molecule has 0 aromatic carbocycles. The van der Waals surface area contributed by atoms with Gasteiger partial charge >= 0.3 is 35.8 Å². The average molecular weight is 1080 g/mol. The minimum atomic E-state index is -1.87. The van der Waals surface area contributed by atoms with Gasteiger partial charge < -0.3 is 37.9 Å². The molecule has 1 heterocycles. The molecule has 0 bridgehead atoms. The third kappa shape index (κ3) is 24.3. The zero-order valence-electron chi connectivity index (χ0n) is 49.4. The smallest absolute Gasteiger partial charge is 0.309 e. The van der Waals surface area contributed by atoms with Gasteiger partial charge in [0.05, 0.1) is 18.1 Å². The van der Waals surface area contributed by atoms with Crippen molar-refractivity contribution in [1.82, 2.24) is 0 Å². The van der Waals surface area contributed by atoms with E-state index in [9.17, 15) is 38.4 Å². The number of carbonyl (C=O) groups excluding carboxylic acids is 8. The van der Waals surface area contributed by atoms with Crippen LogP contribution in [0.3, 0.4) is 0 Å². The van der Waals surface area contributed by atoms with Crippen molar-refractivity contribution in [3.8, 4) is 0 Å². The van der Waals surface area contributed by atoms with E-state index in [1.165, 1.54) is 34.6 Å². The SMILES string of the molecule is CCCCCC(C)C(=O)OC(C/C=C(\CC)C(OC)C(C)CC(C)/C=C(\C)C(CC(CC(OC(C)=O)C(C)C(CC1CCC(C)C(N)(C(=O)C(C)=O)O1)OC(C)=O)OC(C)=O)OC(C)=O)/C(C)=C/C(C)C(C)OC(C)=O. The van der Waals surface area contributed by atoms with Crippen molar-refractivity contribution in [3.63, 3.8) is 0 Å². The van der Waals surface area contributed by atoms with Gasteiger partial charge in [0.25, 0.3) is 0 Å². The monoisotopic (exact) mass is 1080 g/mol. The number of hydrogen-bond acceptors (Lipinski definition) is 17. The highest BCUT2D eigenvalue weighted by atomic mass is 16.6. The first kappa shape index (κ1) is 69.3. The van der Waals surface area contributed by atoms with Crippen LogP contribution in [0.5, 0.6) is 0 Å². The summed E-state index contributed by atoms with van der Waals surface area (Å²) in [6, 6.07) is 0. The Hall–Kier alpha value is -4.74. The summed E-state index contributed by atoms with van der Waals surface area (Å²) in [5, 5.41) is 0. The molecular weight excluding hydrogens is 979 g/mol. The van der Waals surface area contributed by atoms with Crippen LogP contribution in [0.15, 0.2) is 34.9 Å². The summed E-state index contributed by atoms with van der Waals surface area (Å²) in [5.41, 5.74) is 7.15. The standard InChI is InChI=1S/C59H97NO16/c1-19-21-22-23-35(4)58(68)75-52(38(7)30-36(5)43(12)70-44(13)62)27-25-49(20-2)56(69-18)39(8)29-34(3)28-37(6)53(72-46(15)64)32-51(71-45(14)63)33-55(74-48(17)66)41(10)54(73-47(16)65)31-50-26-24-40(9)59(60,76-50)57(67)42(11)61/h25,28,30,34-36,39-41,43,50-56H,19-24,26-27,29,31-33,60H2,1-18H3/b37-28+,38-30+,49-25+. The summed E-state index contributed by atoms with van der Waals surface area (Å²) in [4.78, 5) is 101. The van der Waals surface area contributed by atoms with Gasteiger partial charge in [-0.25, -0.2) is 0 Å². The fourth-order valence-corrected chi connectivity index (χ4v) is 10.2. The molecule has 1 saturated heterocycles. The number of allylic oxidation sites excluding steroid dienone is 1. The predicted molar refractivity (Wildman–Crippen MR) is 289 cm³/mol. The molecule has 1 aliphatic rings. The normalized spacial score (nSPS) is 22.1. The number of ketones is 2. The van der Waals surface area contributed by atoms with Crippen LogP contribution in [-0.2, 0) is 76.3 Å². The lowest BCUT2D eigenvalue weighted by atomic mass is 9.82. The highest BCUT2D eigenvalue weighted by molar-refractivity contribution is 6.39. The summed E-state index contributed by atoms with van der Waals surface area (Å²) < 4.78 is 47.3. The molecule has 15 unspecified atom stereocenters. The second-order valence-corrected chi connectivity index (χ2v) is 21.6. The highest BCUT2D eigenvalue weighted by Gasteiger charge is 2.48. The second-order valence-electron chi connectivity index (χ2n) is 21.6. The average Bonchev–Trinajstić information content (AvgIpc) is 3.31. The largest absolute Gasteiger partial charge is 0.462 e. The third-order valence-electron chi connectivity index (χ3n) is 14.6. The molecule has 0 spiro atoms. The molecule has 17 heteroatoms. The molecule has 0 aromatic rings. The molecule has 0 amide bonds.